The lowest BCUT2D eigenvalue weighted by Gasteiger charge is -2.22. The molecular weight excluding hydrogens is 274 g/mol. The van der Waals surface area contributed by atoms with Crippen molar-refractivity contribution in [2.24, 2.45) is 5.92 Å². The molecule has 1 aliphatic heterocycles. The molecular formula is C15H19NO3S. The maximum absolute atomic E-state index is 12.4. The first-order valence-electron chi connectivity index (χ1n) is 6.60. The summed E-state index contributed by atoms with van der Waals surface area (Å²) in [4.78, 5) is 26.6. The van der Waals surface area contributed by atoms with Crippen LogP contribution >= 0.6 is 11.8 Å². The van der Waals surface area contributed by atoms with Gasteiger partial charge in [-0.2, -0.15) is 0 Å². The van der Waals surface area contributed by atoms with Crippen molar-refractivity contribution in [1.29, 1.82) is 0 Å². The SMILES string of the molecule is COC(=O)C(C)CN(C)C(=O)C1Cc2ccccc2S1. The van der Waals surface area contributed by atoms with Crippen molar-refractivity contribution in [3.63, 3.8) is 0 Å². The number of hydrogen-bond donors (Lipinski definition) is 0. The molecule has 0 N–H and O–H groups in total. The number of nitrogens with zero attached hydrogens (tertiary/aromatic N) is 1. The summed E-state index contributed by atoms with van der Waals surface area (Å²) in [5.41, 5.74) is 1.23. The Balaban J connectivity index is 1.94. The van der Waals surface area contributed by atoms with Gasteiger partial charge in [0.25, 0.3) is 0 Å². The van der Waals surface area contributed by atoms with Gasteiger partial charge in [0.05, 0.1) is 18.3 Å². The summed E-state index contributed by atoms with van der Waals surface area (Å²) in [6.07, 6.45) is 0.761. The molecule has 0 spiro atoms. The number of fused-ring (bicyclic) bond motifs is 1. The Kier molecular flexibility index (Phi) is 4.70. The number of carbonyl (C=O) groups excluding carboxylic acids is 2. The summed E-state index contributed by atoms with van der Waals surface area (Å²) >= 11 is 1.61. The molecule has 108 valence electrons. The molecule has 2 atom stereocenters. The smallest absolute Gasteiger partial charge is 0.310 e. The number of benzene rings is 1. The molecule has 2 unspecified atom stereocenters. The highest BCUT2D eigenvalue weighted by molar-refractivity contribution is 8.01. The summed E-state index contributed by atoms with van der Waals surface area (Å²) in [5.74, 6) is -0.517. The number of esters is 1. The molecule has 5 heteroatoms. The van der Waals surface area contributed by atoms with Gasteiger partial charge in [-0.05, 0) is 18.1 Å². The van der Waals surface area contributed by atoms with Gasteiger partial charge < -0.3 is 9.64 Å². The molecule has 1 heterocycles. The van der Waals surface area contributed by atoms with Crippen LogP contribution in [0.3, 0.4) is 0 Å². The molecule has 0 saturated heterocycles. The molecule has 4 nitrogen and oxygen atoms in total. The average molecular weight is 293 g/mol. The third-order valence-electron chi connectivity index (χ3n) is 3.45. The van der Waals surface area contributed by atoms with E-state index < -0.39 is 0 Å². The van der Waals surface area contributed by atoms with E-state index in [4.69, 9.17) is 0 Å². The van der Waals surface area contributed by atoms with Gasteiger partial charge in [-0.25, -0.2) is 0 Å². The molecule has 0 radical (unpaired) electrons. The van der Waals surface area contributed by atoms with E-state index >= 15 is 0 Å². The van der Waals surface area contributed by atoms with E-state index in [9.17, 15) is 9.59 Å². The molecule has 20 heavy (non-hydrogen) atoms. The number of carbonyl (C=O) groups is 2. The normalized spacial score (nSPS) is 18.2. The van der Waals surface area contributed by atoms with E-state index in [0.29, 0.717) is 6.54 Å². The van der Waals surface area contributed by atoms with Gasteiger partial charge in [-0.1, -0.05) is 25.1 Å². The van der Waals surface area contributed by atoms with Crippen LogP contribution in [0.1, 0.15) is 12.5 Å². The number of ether oxygens (including phenoxy) is 1. The van der Waals surface area contributed by atoms with Crippen LogP contribution in [0.25, 0.3) is 0 Å². The van der Waals surface area contributed by atoms with Crippen molar-refractivity contribution in [3.8, 4) is 0 Å². The lowest BCUT2D eigenvalue weighted by Crippen LogP contribution is -2.39. The molecule has 0 bridgehead atoms. The highest BCUT2D eigenvalue weighted by Gasteiger charge is 2.31. The topological polar surface area (TPSA) is 46.6 Å². The number of amides is 1. The molecule has 0 saturated carbocycles. The van der Waals surface area contributed by atoms with Gasteiger partial charge in [0.15, 0.2) is 0 Å². The van der Waals surface area contributed by atoms with Gasteiger partial charge >= 0.3 is 5.97 Å². The van der Waals surface area contributed by atoms with Crippen LogP contribution < -0.4 is 0 Å². The summed E-state index contributed by atoms with van der Waals surface area (Å²) in [6, 6.07) is 8.09. The van der Waals surface area contributed by atoms with Gasteiger partial charge in [0, 0.05) is 18.5 Å². The lowest BCUT2D eigenvalue weighted by atomic mass is 10.1. The van der Waals surface area contributed by atoms with E-state index in [1.807, 2.05) is 18.2 Å². The largest absolute Gasteiger partial charge is 0.469 e. The first-order chi connectivity index (χ1) is 9.52. The Labute approximate surface area is 123 Å². The Morgan fingerprint density at radius 2 is 2.15 bits per heavy atom. The van der Waals surface area contributed by atoms with Crippen molar-refractivity contribution in [1.82, 2.24) is 4.90 Å². The Bertz CT molecular complexity index is 493. The fourth-order valence-corrected chi connectivity index (χ4v) is 3.65. The zero-order valence-corrected chi connectivity index (χ0v) is 12.8. The fraction of sp³-hybridized carbons (Fsp3) is 0.467. The molecule has 1 aromatic rings. The second-order valence-electron chi connectivity index (χ2n) is 5.06. The van der Waals surface area contributed by atoms with Gasteiger partial charge in [0.1, 0.15) is 0 Å². The monoisotopic (exact) mass is 293 g/mol. The maximum atomic E-state index is 12.4. The second-order valence-corrected chi connectivity index (χ2v) is 6.31. The Morgan fingerprint density at radius 1 is 1.45 bits per heavy atom. The van der Waals surface area contributed by atoms with E-state index in [0.717, 1.165) is 6.42 Å². The third-order valence-corrected chi connectivity index (χ3v) is 4.76. The first-order valence-corrected chi connectivity index (χ1v) is 7.48. The minimum absolute atomic E-state index is 0.0713. The highest BCUT2D eigenvalue weighted by Crippen LogP contribution is 2.37. The standard InChI is InChI=1S/C15H19NO3S/c1-10(15(18)19-3)9-16(2)14(17)13-8-11-6-4-5-7-12(11)20-13/h4-7,10,13H,8-9H2,1-3H3. The number of rotatable bonds is 4. The van der Waals surface area contributed by atoms with Crippen molar-refractivity contribution < 1.29 is 14.3 Å². The van der Waals surface area contributed by atoms with E-state index in [1.54, 1.807) is 30.6 Å². The van der Waals surface area contributed by atoms with E-state index in [-0.39, 0.29) is 23.0 Å². The second kappa shape index (κ2) is 6.31. The van der Waals surface area contributed by atoms with Crippen molar-refractivity contribution in [2.45, 2.75) is 23.5 Å². The summed E-state index contributed by atoms with van der Waals surface area (Å²) < 4.78 is 4.69. The highest BCUT2D eigenvalue weighted by atomic mass is 32.2. The van der Waals surface area contributed by atoms with E-state index in [1.165, 1.54) is 17.6 Å². The zero-order valence-electron chi connectivity index (χ0n) is 12.0. The molecule has 1 amide bonds. The van der Waals surface area contributed by atoms with E-state index in [2.05, 4.69) is 10.8 Å². The summed E-state index contributed by atoms with van der Waals surface area (Å²) in [6.45, 7) is 2.16. The van der Waals surface area contributed by atoms with Crippen LogP contribution in [0.4, 0.5) is 0 Å². The molecule has 2 rings (SSSR count). The Morgan fingerprint density at radius 3 is 2.80 bits per heavy atom. The summed E-state index contributed by atoms with van der Waals surface area (Å²) in [7, 11) is 3.11. The minimum atomic E-state index is -0.303. The predicted octanol–water partition coefficient (Wildman–Crippen LogP) is 1.97. The molecule has 1 aromatic carbocycles. The number of hydrogen-bond acceptors (Lipinski definition) is 4. The zero-order chi connectivity index (χ0) is 14.7. The average Bonchev–Trinajstić information content (AvgIpc) is 2.89. The van der Waals surface area contributed by atoms with Crippen LogP contribution in [0.5, 0.6) is 0 Å². The number of thioether (sulfide) groups is 1. The lowest BCUT2D eigenvalue weighted by molar-refractivity contribution is -0.146. The van der Waals surface area contributed by atoms with Crippen LogP contribution in [-0.2, 0) is 20.7 Å². The fourth-order valence-electron chi connectivity index (χ4n) is 2.34. The predicted molar refractivity (Wildman–Crippen MR) is 78.6 cm³/mol. The van der Waals surface area contributed by atoms with Crippen molar-refractivity contribution in [2.75, 3.05) is 20.7 Å². The van der Waals surface area contributed by atoms with Gasteiger partial charge in [0.2, 0.25) is 5.91 Å². The Hall–Kier alpha value is -1.49. The van der Waals surface area contributed by atoms with Crippen LogP contribution in [0, 0.1) is 5.92 Å². The molecule has 0 aromatic heterocycles. The first kappa shape index (κ1) is 14.9. The van der Waals surface area contributed by atoms with Crippen molar-refractivity contribution in [3.05, 3.63) is 29.8 Å². The quantitative estimate of drug-likeness (QED) is 0.796. The van der Waals surface area contributed by atoms with Crippen LogP contribution in [0.15, 0.2) is 29.2 Å². The maximum Gasteiger partial charge on any atom is 0.310 e. The molecule has 0 fully saturated rings. The molecule has 0 aliphatic carbocycles. The number of methoxy groups -OCH3 is 1. The third kappa shape index (κ3) is 3.15. The van der Waals surface area contributed by atoms with Crippen molar-refractivity contribution >= 4 is 23.6 Å². The van der Waals surface area contributed by atoms with Crippen LogP contribution in [0.2, 0.25) is 0 Å². The van der Waals surface area contributed by atoms with Gasteiger partial charge in [-0.3, -0.25) is 9.59 Å². The minimum Gasteiger partial charge on any atom is -0.469 e. The summed E-state index contributed by atoms with van der Waals surface area (Å²) in [5, 5.41) is -0.0813. The van der Waals surface area contributed by atoms with Crippen LogP contribution in [-0.4, -0.2) is 42.7 Å². The molecule has 1 aliphatic rings. The van der Waals surface area contributed by atoms with Gasteiger partial charge in [-0.15, -0.1) is 11.8 Å².